The van der Waals surface area contributed by atoms with Crippen molar-refractivity contribution in [2.24, 2.45) is 0 Å². The Morgan fingerprint density at radius 2 is 2.35 bits per heavy atom. The van der Waals surface area contributed by atoms with Crippen LogP contribution in [0.4, 0.5) is 4.39 Å². The average molecular weight is 344 g/mol. The van der Waals surface area contributed by atoms with Gasteiger partial charge in [0.25, 0.3) is 0 Å². The summed E-state index contributed by atoms with van der Waals surface area (Å²) < 4.78 is 20.1. The first kappa shape index (κ1) is 15.9. The molecule has 0 saturated carbocycles. The molecule has 1 N–H and O–H groups in total. The predicted molar refractivity (Wildman–Crippen MR) is 83.5 cm³/mol. The lowest BCUT2D eigenvalue weighted by Crippen LogP contribution is -2.35. The van der Waals surface area contributed by atoms with E-state index in [0.29, 0.717) is 12.1 Å². The third kappa shape index (κ3) is 4.83. The minimum Gasteiger partial charge on any atom is -0.378 e. The van der Waals surface area contributed by atoms with E-state index in [1.54, 1.807) is 12.1 Å². The second kappa shape index (κ2) is 8.11. The van der Waals surface area contributed by atoms with Crippen LogP contribution in [0.15, 0.2) is 22.7 Å². The zero-order chi connectivity index (χ0) is 14.4. The van der Waals surface area contributed by atoms with E-state index in [1.807, 2.05) is 0 Å². The smallest absolute Gasteiger partial charge is 0.123 e. The van der Waals surface area contributed by atoms with Crippen molar-refractivity contribution in [3.63, 3.8) is 0 Å². The van der Waals surface area contributed by atoms with Gasteiger partial charge in [-0.05, 0) is 62.4 Å². The van der Waals surface area contributed by atoms with Gasteiger partial charge in [0.2, 0.25) is 0 Å². The lowest BCUT2D eigenvalue weighted by Gasteiger charge is -2.22. The number of halogens is 2. The number of nitrogens with one attached hydrogen (secondary N) is 1. The van der Waals surface area contributed by atoms with Crippen LogP contribution in [0.3, 0.4) is 0 Å². The Hall–Kier alpha value is -0.450. The number of ether oxygens (including phenoxy) is 1. The molecule has 20 heavy (non-hydrogen) atoms. The molecule has 0 aromatic heterocycles. The molecule has 2 unspecified atom stereocenters. The number of hydrogen-bond acceptors (Lipinski definition) is 2. The van der Waals surface area contributed by atoms with Crippen molar-refractivity contribution in [3.8, 4) is 0 Å². The molecular formula is C16H23BrFNO. The van der Waals surface area contributed by atoms with Crippen molar-refractivity contribution in [1.82, 2.24) is 5.32 Å². The summed E-state index contributed by atoms with van der Waals surface area (Å²) in [5.41, 5.74) is 1.02. The molecule has 2 rings (SSSR count). The second-order valence-corrected chi connectivity index (χ2v) is 6.32. The summed E-state index contributed by atoms with van der Waals surface area (Å²) >= 11 is 3.51. The lowest BCUT2D eigenvalue weighted by molar-refractivity contribution is 0.0945. The number of benzene rings is 1. The predicted octanol–water partition coefficient (Wildman–Crippen LogP) is 4.07. The highest BCUT2D eigenvalue weighted by molar-refractivity contribution is 9.10. The third-order valence-electron chi connectivity index (χ3n) is 3.73. The summed E-state index contributed by atoms with van der Waals surface area (Å²) in [5, 5.41) is 3.57. The number of hydrogen-bond donors (Lipinski definition) is 1. The van der Waals surface area contributed by atoms with E-state index in [4.69, 9.17) is 4.74 Å². The Morgan fingerprint density at radius 3 is 3.05 bits per heavy atom. The molecule has 2 nitrogen and oxygen atoms in total. The molecule has 2 atom stereocenters. The van der Waals surface area contributed by atoms with Gasteiger partial charge in [0.1, 0.15) is 5.82 Å². The molecule has 0 aliphatic carbocycles. The van der Waals surface area contributed by atoms with Crippen molar-refractivity contribution in [3.05, 3.63) is 34.1 Å². The van der Waals surface area contributed by atoms with Crippen molar-refractivity contribution < 1.29 is 9.13 Å². The topological polar surface area (TPSA) is 21.3 Å². The van der Waals surface area contributed by atoms with Gasteiger partial charge >= 0.3 is 0 Å². The van der Waals surface area contributed by atoms with E-state index >= 15 is 0 Å². The van der Waals surface area contributed by atoms with Crippen molar-refractivity contribution in [2.75, 3.05) is 13.2 Å². The highest BCUT2D eigenvalue weighted by atomic mass is 79.9. The van der Waals surface area contributed by atoms with E-state index in [0.717, 1.165) is 55.3 Å². The normalized spacial score (nSPS) is 20.2. The Kier molecular flexibility index (Phi) is 6.46. The van der Waals surface area contributed by atoms with Crippen molar-refractivity contribution in [1.29, 1.82) is 0 Å². The average Bonchev–Trinajstić information content (AvgIpc) is 2.93. The first-order valence-electron chi connectivity index (χ1n) is 7.48. The Labute approximate surface area is 129 Å². The standard InChI is InChI=1S/C16H23BrFNO/c1-2-7-19-14(11-15-4-3-8-20-15)10-12-9-13(18)5-6-16(12)17/h5-6,9,14-15,19H,2-4,7-8,10-11H2,1H3. The molecular weight excluding hydrogens is 321 g/mol. The molecule has 0 spiro atoms. The highest BCUT2D eigenvalue weighted by Crippen LogP contribution is 2.23. The van der Waals surface area contributed by atoms with Gasteiger partial charge in [0, 0.05) is 17.1 Å². The van der Waals surface area contributed by atoms with Crippen LogP contribution in [0.2, 0.25) is 0 Å². The maximum atomic E-state index is 13.4. The fourth-order valence-electron chi connectivity index (χ4n) is 2.70. The molecule has 1 aromatic carbocycles. The summed E-state index contributed by atoms with van der Waals surface area (Å²) in [4.78, 5) is 0. The first-order valence-corrected chi connectivity index (χ1v) is 8.27. The van der Waals surface area contributed by atoms with E-state index < -0.39 is 0 Å². The first-order chi connectivity index (χ1) is 9.69. The molecule has 1 fully saturated rings. The summed E-state index contributed by atoms with van der Waals surface area (Å²) in [6.45, 7) is 4.04. The third-order valence-corrected chi connectivity index (χ3v) is 4.50. The minimum atomic E-state index is -0.172. The molecule has 4 heteroatoms. The zero-order valence-electron chi connectivity index (χ0n) is 12.0. The fraction of sp³-hybridized carbons (Fsp3) is 0.625. The summed E-state index contributed by atoms with van der Waals surface area (Å²) in [6.07, 6.45) is 5.61. The second-order valence-electron chi connectivity index (χ2n) is 5.46. The number of rotatable bonds is 7. The summed E-state index contributed by atoms with van der Waals surface area (Å²) in [6, 6.07) is 5.24. The van der Waals surface area contributed by atoms with Gasteiger partial charge in [-0.3, -0.25) is 0 Å². The zero-order valence-corrected chi connectivity index (χ0v) is 13.6. The molecule has 1 aliphatic heterocycles. The van der Waals surface area contributed by atoms with E-state index in [9.17, 15) is 4.39 Å². The molecule has 112 valence electrons. The van der Waals surface area contributed by atoms with Crippen LogP contribution in [-0.4, -0.2) is 25.3 Å². The van der Waals surface area contributed by atoms with Crippen molar-refractivity contribution >= 4 is 15.9 Å². The van der Waals surface area contributed by atoms with E-state index in [2.05, 4.69) is 28.2 Å². The monoisotopic (exact) mass is 343 g/mol. The Balaban J connectivity index is 1.99. The van der Waals surface area contributed by atoms with Crippen LogP contribution in [0.25, 0.3) is 0 Å². The van der Waals surface area contributed by atoms with Gasteiger partial charge in [-0.25, -0.2) is 4.39 Å². The summed E-state index contributed by atoms with van der Waals surface area (Å²) in [5.74, 6) is -0.172. The molecule has 1 saturated heterocycles. The van der Waals surface area contributed by atoms with Crippen LogP contribution >= 0.6 is 15.9 Å². The maximum absolute atomic E-state index is 13.4. The molecule has 0 amide bonds. The highest BCUT2D eigenvalue weighted by Gasteiger charge is 2.21. The van der Waals surface area contributed by atoms with Crippen LogP contribution < -0.4 is 5.32 Å². The van der Waals surface area contributed by atoms with Crippen LogP contribution in [0.5, 0.6) is 0 Å². The minimum absolute atomic E-state index is 0.172. The fourth-order valence-corrected chi connectivity index (χ4v) is 3.11. The quantitative estimate of drug-likeness (QED) is 0.805. The SMILES string of the molecule is CCCNC(Cc1cc(F)ccc1Br)CC1CCCO1. The van der Waals surface area contributed by atoms with Gasteiger partial charge < -0.3 is 10.1 Å². The lowest BCUT2D eigenvalue weighted by atomic mass is 9.99. The van der Waals surface area contributed by atoms with Gasteiger partial charge in [-0.1, -0.05) is 22.9 Å². The Bertz CT molecular complexity index is 421. The van der Waals surface area contributed by atoms with Gasteiger partial charge in [-0.2, -0.15) is 0 Å². The molecule has 1 aliphatic rings. The molecule has 1 aromatic rings. The Morgan fingerprint density at radius 1 is 1.50 bits per heavy atom. The van der Waals surface area contributed by atoms with Crippen LogP contribution in [0.1, 0.15) is 38.2 Å². The molecule has 0 radical (unpaired) electrons. The van der Waals surface area contributed by atoms with E-state index in [-0.39, 0.29) is 5.82 Å². The van der Waals surface area contributed by atoms with Crippen molar-refractivity contribution in [2.45, 2.75) is 51.2 Å². The van der Waals surface area contributed by atoms with Gasteiger partial charge in [0.15, 0.2) is 0 Å². The van der Waals surface area contributed by atoms with Gasteiger partial charge in [-0.15, -0.1) is 0 Å². The van der Waals surface area contributed by atoms with Gasteiger partial charge in [0.05, 0.1) is 6.10 Å². The van der Waals surface area contributed by atoms with Crippen LogP contribution in [-0.2, 0) is 11.2 Å². The van der Waals surface area contributed by atoms with Crippen LogP contribution in [0, 0.1) is 5.82 Å². The summed E-state index contributed by atoms with van der Waals surface area (Å²) in [7, 11) is 0. The largest absolute Gasteiger partial charge is 0.378 e. The molecule has 0 bridgehead atoms. The maximum Gasteiger partial charge on any atom is 0.123 e. The molecule has 1 heterocycles. The van der Waals surface area contributed by atoms with E-state index in [1.165, 1.54) is 6.07 Å².